The van der Waals surface area contributed by atoms with Crippen LogP contribution in [-0.4, -0.2) is 47.4 Å². The van der Waals surface area contributed by atoms with Crippen LogP contribution in [-0.2, 0) is 9.59 Å². The van der Waals surface area contributed by atoms with Crippen molar-refractivity contribution in [3.8, 4) is 0 Å². The van der Waals surface area contributed by atoms with Gasteiger partial charge < -0.3 is 10.2 Å². The van der Waals surface area contributed by atoms with Crippen LogP contribution in [0.25, 0.3) is 0 Å². The zero-order valence-electron chi connectivity index (χ0n) is 15.3. The average Bonchev–Trinajstić information content (AvgIpc) is 2.88. The van der Waals surface area contributed by atoms with Crippen LogP contribution in [0, 0.1) is 11.3 Å². The van der Waals surface area contributed by atoms with E-state index in [2.05, 4.69) is 38.2 Å². The van der Waals surface area contributed by atoms with E-state index < -0.39 is 0 Å². The van der Waals surface area contributed by atoms with E-state index in [1.165, 1.54) is 0 Å². The number of hydrogen-bond acceptors (Lipinski definition) is 3. The summed E-state index contributed by atoms with van der Waals surface area (Å²) < 4.78 is 0. The molecule has 0 aromatic heterocycles. The maximum absolute atomic E-state index is 12.9. The summed E-state index contributed by atoms with van der Waals surface area (Å²) in [4.78, 5) is 26.9. The molecule has 0 aromatic carbocycles. The van der Waals surface area contributed by atoms with E-state index in [0.29, 0.717) is 12.3 Å². The standard InChI is InChI=1S/C19H32N2O2S/c1-4-10-24-13-17(22)20-12-16-11-19(2,3)14-21(16)18(23)15-8-6-5-7-9-15/h5-6,15-16H,4,7-14H2,1-3H3,(H,20,22)/t15-,16-/m0/s1. The molecule has 2 rings (SSSR count). The number of allylic oxidation sites excluding steroid dienone is 2. The third-order valence-corrected chi connectivity index (χ3v) is 6.01. The second-order valence-electron chi connectivity index (χ2n) is 7.83. The predicted octanol–water partition coefficient (Wildman–Crippen LogP) is 3.23. The largest absolute Gasteiger partial charge is 0.353 e. The van der Waals surface area contributed by atoms with Crippen molar-refractivity contribution >= 4 is 23.6 Å². The number of nitrogens with one attached hydrogen (secondary N) is 1. The maximum atomic E-state index is 12.9. The van der Waals surface area contributed by atoms with E-state index in [0.717, 1.165) is 44.4 Å². The smallest absolute Gasteiger partial charge is 0.230 e. The molecule has 1 heterocycles. The van der Waals surface area contributed by atoms with Gasteiger partial charge in [-0.25, -0.2) is 0 Å². The summed E-state index contributed by atoms with van der Waals surface area (Å²) in [6.45, 7) is 7.94. The number of amides is 2. The topological polar surface area (TPSA) is 49.4 Å². The number of thioether (sulfide) groups is 1. The second-order valence-corrected chi connectivity index (χ2v) is 8.93. The Morgan fingerprint density at radius 1 is 1.33 bits per heavy atom. The molecular formula is C19H32N2O2S. The molecule has 0 saturated carbocycles. The molecule has 1 fully saturated rings. The molecule has 0 unspecified atom stereocenters. The molecule has 1 aliphatic heterocycles. The fourth-order valence-electron chi connectivity index (χ4n) is 3.69. The minimum atomic E-state index is 0.0890. The molecule has 5 heteroatoms. The van der Waals surface area contributed by atoms with Crippen LogP contribution in [0.5, 0.6) is 0 Å². The molecule has 0 aromatic rings. The fourth-order valence-corrected chi connectivity index (χ4v) is 4.41. The molecule has 2 aliphatic rings. The molecule has 0 radical (unpaired) electrons. The minimum Gasteiger partial charge on any atom is -0.353 e. The van der Waals surface area contributed by atoms with Gasteiger partial charge >= 0.3 is 0 Å². The van der Waals surface area contributed by atoms with E-state index in [9.17, 15) is 9.59 Å². The van der Waals surface area contributed by atoms with Gasteiger partial charge in [0.1, 0.15) is 0 Å². The Kier molecular flexibility index (Phi) is 7.20. The summed E-state index contributed by atoms with van der Waals surface area (Å²) in [5.74, 6) is 2.03. The van der Waals surface area contributed by atoms with E-state index in [-0.39, 0.29) is 29.2 Å². The van der Waals surface area contributed by atoms with Crippen molar-refractivity contribution < 1.29 is 9.59 Å². The molecule has 0 spiro atoms. The Bertz CT molecular complexity index is 476. The molecule has 0 bridgehead atoms. The SMILES string of the molecule is CCCSCC(=O)NC[C@@H]1CC(C)(C)CN1C(=O)[C@H]1CC=CCC1. The lowest BCUT2D eigenvalue weighted by Gasteiger charge is -2.30. The zero-order valence-corrected chi connectivity index (χ0v) is 16.2. The minimum absolute atomic E-state index is 0.0890. The summed E-state index contributed by atoms with van der Waals surface area (Å²) >= 11 is 1.67. The molecule has 2 atom stereocenters. The van der Waals surface area contributed by atoms with Gasteiger partial charge in [-0.1, -0.05) is 32.9 Å². The average molecular weight is 353 g/mol. The number of rotatable bonds is 7. The zero-order chi connectivity index (χ0) is 17.6. The van der Waals surface area contributed by atoms with Gasteiger partial charge in [0, 0.05) is 25.0 Å². The highest BCUT2D eigenvalue weighted by molar-refractivity contribution is 7.99. The first kappa shape index (κ1) is 19.4. The molecule has 1 aliphatic carbocycles. The normalized spacial score (nSPS) is 25.7. The molecule has 1 N–H and O–H groups in total. The molecule has 136 valence electrons. The van der Waals surface area contributed by atoms with Gasteiger partial charge in [0.05, 0.1) is 5.75 Å². The third kappa shape index (κ3) is 5.54. The van der Waals surface area contributed by atoms with Crippen LogP contribution in [0.15, 0.2) is 12.2 Å². The summed E-state index contributed by atoms with van der Waals surface area (Å²) in [7, 11) is 0. The van der Waals surface area contributed by atoms with Crippen molar-refractivity contribution in [1.82, 2.24) is 10.2 Å². The quantitative estimate of drug-likeness (QED) is 0.565. The van der Waals surface area contributed by atoms with Crippen molar-refractivity contribution in [2.24, 2.45) is 11.3 Å². The lowest BCUT2D eigenvalue weighted by molar-refractivity contribution is -0.137. The van der Waals surface area contributed by atoms with Gasteiger partial charge in [0.2, 0.25) is 11.8 Å². The second kappa shape index (κ2) is 8.93. The summed E-state index contributed by atoms with van der Waals surface area (Å²) in [6, 6.07) is 0.138. The van der Waals surface area contributed by atoms with Crippen molar-refractivity contribution in [1.29, 1.82) is 0 Å². The Morgan fingerprint density at radius 2 is 2.12 bits per heavy atom. The van der Waals surface area contributed by atoms with E-state index in [1.807, 2.05) is 4.90 Å². The van der Waals surface area contributed by atoms with Crippen molar-refractivity contribution in [2.75, 3.05) is 24.6 Å². The summed E-state index contributed by atoms with van der Waals surface area (Å²) in [5.41, 5.74) is 0.131. The van der Waals surface area contributed by atoms with Gasteiger partial charge in [0.15, 0.2) is 0 Å². The Morgan fingerprint density at radius 3 is 2.79 bits per heavy atom. The lowest BCUT2D eigenvalue weighted by atomic mass is 9.90. The first-order valence-electron chi connectivity index (χ1n) is 9.23. The summed E-state index contributed by atoms with van der Waals surface area (Å²) in [6.07, 6.45) is 9.18. The van der Waals surface area contributed by atoms with Gasteiger partial charge in [-0.3, -0.25) is 9.59 Å². The van der Waals surface area contributed by atoms with Crippen molar-refractivity contribution in [3.63, 3.8) is 0 Å². The van der Waals surface area contributed by atoms with Crippen LogP contribution >= 0.6 is 11.8 Å². The molecule has 1 saturated heterocycles. The van der Waals surface area contributed by atoms with E-state index in [4.69, 9.17) is 0 Å². The number of hydrogen-bond donors (Lipinski definition) is 1. The first-order valence-corrected chi connectivity index (χ1v) is 10.4. The van der Waals surface area contributed by atoms with Gasteiger partial charge in [0.25, 0.3) is 0 Å². The molecule has 4 nitrogen and oxygen atoms in total. The molecular weight excluding hydrogens is 320 g/mol. The highest BCUT2D eigenvalue weighted by atomic mass is 32.2. The highest BCUT2D eigenvalue weighted by Gasteiger charge is 2.41. The van der Waals surface area contributed by atoms with Crippen LogP contribution in [0.4, 0.5) is 0 Å². The van der Waals surface area contributed by atoms with Crippen LogP contribution in [0.2, 0.25) is 0 Å². The third-order valence-electron chi connectivity index (χ3n) is 4.85. The maximum Gasteiger partial charge on any atom is 0.230 e. The Hall–Kier alpha value is -0.970. The number of carbonyl (C=O) groups excluding carboxylic acids is 2. The number of carbonyl (C=O) groups is 2. The van der Waals surface area contributed by atoms with E-state index in [1.54, 1.807) is 11.8 Å². The Balaban J connectivity index is 1.89. The van der Waals surface area contributed by atoms with Gasteiger partial charge in [-0.15, -0.1) is 0 Å². The van der Waals surface area contributed by atoms with Crippen molar-refractivity contribution in [3.05, 3.63) is 12.2 Å². The summed E-state index contributed by atoms with van der Waals surface area (Å²) in [5, 5.41) is 3.04. The van der Waals surface area contributed by atoms with Gasteiger partial charge in [-0.2, -0.15) is 11.8 Å². The monoisotopic (exact) mass is 352 g/mol. The van der Waals surface area contributed by atoms with E-state index >= 15 is 0 Å². The van der Waals surface area contributed by atoms with Crippen LogP contribution in [0.3, 0.4) is 0 Å². The number of likely N-dealkylation sites (tertiary alicyclic amines) is 1. The molecule has 2 amide bonds. The van der Waals surface area contributed by atoms with Crippen LogP contribution in [0.1, 0.15) is 52.9 Å². The molecule has 24 heavy (non-hydrogen) atoms. The predicted molar refractivity (Wildman–Crippen MR) is 101 cm³/mol. The van der Waals surface area contributed by atoms with Gasteiger partial charge in [-0.05, 0) is 43.3 Å². The van der Waals surface area contributed by atoms with Crippen LogP contribution < -0.4 is 5.32 Å². The highest BCUT2D eigenvalue weighted by Crippen LogP contribution is 2.35. The lowest BCUT2D eigenvalue weighted by Crippen LogP contribution is -2.46. The fraction of sp³-hybridized carbons (Fsp3) is 0.789. The Labute approximate surface area is 150 Å². The van der Waals surface area contributed by atoms with Crippen molar-refractivity contribution in [2.45, 2.75) is 58.9 Å². The number of nitrogens with zero attached hydrogens (tertiary/aromatic N) is 1. The first-order chi connectivity index (χ1) is 11.4.